The molecular formula is C12H16FNO. The van der Waals surface area contributed by atoms with Crippen molar-refractivity contribution < 1.29 is 9.50 Å². The summed E-state index contributed by atoms with van der Waals surface area (Å²) in [5.74, 6) is -0.228. The van der Waals surface area contributed by atoms with E-state index in [4.69, 9.17) is 0 Å². The van der Waals surface area contributed by atoms with Crippen molar-refractivity contribution in [2.75, 3.05) is 5.32 Å². The smallest absolute Gasteiger partial charge is 0.123 e. The van der Waals surface area contributed by atoms with Crippen LogP contribution in [0.3, 0.4) is 0 Å². The normalized spacial score (nSPS) is 28.3. The van der Waals surface area contributed by atoms with Gasteiger partial charge in [0.25, 0.3) is 0 Å². The van der Waals surface area contributed by atoms with Gasteiger partial charge >= 0.3 is 0 Å². The van der Waals surface area contributed by atoms with Gasteiger partial charge in [-0.2, -0.15) is 0 Å². The Morgan fingerprint density at radius 3 is 2.40 bits per heavy atom. The van der Waals surface area contributed by atoms with Crippen LogP contribution in [-0.2, 0) is 0 Å². The van der Waals surface area contributed by atoms with Crippen LogP contribution >= 0.6 is 0 Å². The van der Waals surface area contributed by atoms with Crippen LogP contribution in [0.5, 0.6) is 0 Å². The maximum Gasteiger partial charge on any atom is 0.123 e. The number of halogens is 1. The third kappa shape index (κ3) is 1.84. The van der Waals surface area contributed by atoms with Crippen molar-refractivity contribution in [1.29, 1.82) is 0 Å². The highest BCUT2D eigenvalue weighted by Crippen LogP contribution is 2.42. The molecule has 0 bridgehead atoms. The summed E-state index contributed by atoms with van der Waals surface area (Å²) in [6.07, 6.45) is 0.514. The summed E-state index contributed by atoms with van der Waals surface area (Å²) in [4.78, 5) is 0. The van der Waals surface area contributed by atoms with Crippen LogP contribution in [0.2, 0.25) is 0 Å². The molecule has 3 heteroatoms. The molecule has 0 amide bonds. The SMILES string of the molecule is CC1(C)C(O)CC1Nc1ccc(F)cc1. The molecule has 1 aromatic carbocycles. The van der Waals surface area contributed by atoms with Crippen molar-refractivity contribution in [3.63, 3.8) is 0 Å². The number of benzene rings is 1. The maximum absolute atomic E-state index is 12.7. The van der Waals surface area contributed by atoms with Crippen molar-refractivity contribution in [3.05, 3.63) is 30.1 Å². The predicted octanol–water partition coefficient (Wildman–Crippen LogP) is 2.40. The number of nitrogens with one attached hydrogen (secondary N) is 1. The minimum Gasteiger partial charge on any atom is -0.392 e. The minimum atomic E-state index is -0.240. The van der Waals surface area contributed by atoms with E-state index >= 15 is 0 Å². The zero-order valence-corrected chi connectivity index (χ0v) is 9.00. The van der Waals surface area contributed by atoms with Crippen LogP contribution in [-0.4, -0.2) is 17.3 Å². The van der Waals surface area contributed by atoms with Crippen LogP contribution < -0.4 is 5.32 Å². The average Bonchev–Trinajstić information content (AvgIpc) is 2.21. The Kier molecular flexibility index (Phi) is 2.43. The van der Waals surface area contributed by atoms with Gasteiger partial charge < -0.3 is 10.4 Å². The van der Waals surface area contributed by atoms with E-state index in [0.717, 1.165) is 12.1 Å². The van der Waals surface area contributed by atoms with Crippen molar-refractivity contribution in [2.45, 2.75) is 32.4 Å². The van der Waals surface area contributed by atoms with Gasteiger partial charge in [0.05, 0.1) is 6.10 Å². The highest BCUT2D eigenvalue weighted by Gasteiger charge is 2.47. The second-order valence-corrected chi connectivity index (χ2v) is 4.78. The molecule has 1 fully saturated rings. The third-order valence-electron chi connectivity index (χ3n) is 3.40. The molecule has 0 spiro atoms. The van der Waals surface area contributed by atoms with Gasteiger partial charge in [-0.05, 0) is 30.7 Å². The molecule has 0 aromatic heterocycles. The molecular weight excluding hydrogens is 193 g/mol. The molecule has 0 heterocycles. The first-order valence-corrected chi connectivity index (χ1v) is 5.20. The van der Waals surface area contributed by atoms with E-state index < -0.39 is 0 Å². The Balaban J connectivity index is 2.02. The zero-order valence-electron chi connectivity index (χ0n) is 9.00. The molecule has 0 aliphatic heterocycles. The first kappa shape index (κ1) is 10.4. The van der Waals surface area contributed by atoms with Crippen molar-refractivity contribution in [2.24, 2.45) is 5.41 Å². The molecule has 1 aromatic rings. The Labute approximate surface area is 89.1 Å². The van der Waals surface area contributed by atoms with Gasteiger partial charge in [0, 0.05) is 17.1 Å². The van der Waals surface area contributed by atoms with Gasteiger partial charge in [-0.1, -0.05) is 13.8 Å². The molecule has 1 aliphatic rings. The van der Waals surface area contributed by atoms with E-state index in [9.17, 15) is 9.50 Å². The summed E-state index contributed by atoms with van der Waals surface area (Å²) in [7, 11) is 0. The molecule has 15 heavy (non-hydrogen) atoms. The third-order valence-corrected chi connectivity index (χ3v) is 3.40. The minimum absolute atomic E-state index is 0.103. The number of rotatable bonds is 2. The molecule has 0 saturated heterocycles. The summed E-state index contributed by atoms with van der Waals surface area (Å²) in [6, 6.07) is 6.57. The molecule has 2 unspecified atom stereocenters. The Bertz CT molecular complexity index is 347. The van der Waals surface area contributed by atoms with E-state index in [1.807, 2.05) is 13.8 Å². The predicted molar refractivity (Wildman–Crippen MR) is 58.2 cm³/mol. The fourth-order valence-corrected chi connectivity index (χ4v) is 1.89. The van der Waals surface area contributed by atoms with Gasteiger partial charge in [-0.15, -0.1) is 0 Å². The van der Waals surface area contributed by atoms with Crippen molar-refractivity contribution >= 4 is 5.69 Å². The van der Waals surface area contributed by atoms with Crippen LogP contribution in [0.15, 0.2) is 24.3 Å². The standard InChI is InChI=1S/C12H16FNO/c1-12(2)10(7-11(12)15)14-9-5-3-8(13)4-6-9/h3-6,10-11,14-15H,7H2,1-2H3. The lowest BCUT2D eigenvalue weighted by atomic mass is 9.64. The topological polar surface area (TPSA) is 32.3 Å². The first-order chi connectivity index (χ1) is 7.00. The summed E-state index contributed by atoms with van der Waals surface area (Å²) < 4.78 is 12.7. The van der Waals surface area contributed by atoms with Crippen LogP contribution in [0, 0.1) is 11.2 Å². The quantitative estimate of drug-likeness (QED) is 0.784. The lowest BCUT2D eigenvalue weighted by Gasteiger charge is -2.49. The van der Waals surface area contributed by atoms with Gasteiger partial charge in [-0.25, -0.2) is 4.39 Å². The molecule has 82 valence electrons. The zero-order chi connectivity index (χ0) is 11.1. The van der Waals surface area contributed by atoms with Gasteiger partial charge in [-0.3, -0.25) is 0 Å². The molecule has 2 N–H and O–H groups in total. The van der Waals surface area contributed by atoms with Crippen LogP contribution in [0.4, 0.5) is 10.1 Å². The fourth-order valence-electron chi connectivity index (χ4n) is 1.89. The maximum atomic E-state index is 12.7. The molecule has 2 rings (SSSR count). The summed E-state index contributed by atoms with van der Waals surface area (Å²) in [5, 5.41) is 12.9. The molecule has 2 atom stereocenters. The van der Waals surface area contributed by atoms with E-state index in [1.54, 1.807) is 12.1 Å². The largest absolute Gasteiger partial charge is 0.392 e. The molecule has 2 nitrogen and oxygen atoms in total. The number of hydrogen-bond donors (Lipinski definition) is 2. The lowest BCUT2D eigenvalue weighted by molar-refractivity contribution is -0.0510. The highest BCUT2D eigenvalue weighted by molar-refractivity contribution is 5.45. The summed E-state index contributed by atoms with van der Waals surface area (Å²) in [6.45, 7) is 4.06. The van der Waals surface area contributed by atoms with Gasteiger partial charge in [0.2, 0.25) is 0 Å². The summed E-state index contributed by atoms with van der Waals surface area (Å²) >= 11 is 0. The van der Waals surface area contributed by atoms with Gasteiger partial charge in [0.15, 0.2) is 0 Å². The monoisotopic (exact) mass is 209 g/mol. The fraction of sp³-hybridized carbons (Fsp3) is 0.500. The second kappa shape index (κ2) is 3.49. The number of hydrogen-bond acceptors (Lipinski definition) is 2. The number of anilines is 1. The van der Waals surface area contributed by atoms with Crippen molar-refractivity contribution in [3.8, 4) is 0 Å². The average molecular weight is 209 g/mol. The van der Waals surface area contributed by atoms with E-state index in [0.29, 0.717) is 0 Å². The van der Waals surface area contributed by atoms with Crippen LogP contribution in [0.25, 0.3) is 0 Å². The first-order valence-electron chi connectivity index (χ1n) is 5.20. The van der Waals surface area contributed by atoms with Crippen LogP contribution in [0.1, 0.15) is 20.3 Å². The van der Waals surface area contributed by atoms with E-state index in [-0.39, 0.29) is 23.4 Å². The number of aliphatic hydroxyl groups is 1. The Morgan fingerprint density at radius 1 is 1.33 bits per heavy atom. The Morgan fingerprint density at radius 2 is 1.93 bits per heavy atom. The molecule has 1 saturated carbocycles. The summed E-state index contributed by atoms with van der Waals surface area (Å²) in [5.41, 5.74) is 0.801. The molecule has 0 radical (unpaired) electrons. The lowest BCUT2D eigenvalue weighted by Crippen LogP contribution is -2.56. The van der Waals surface area contributed by atoms with Crippen molar-refractivity contribution in [1.82, 2.24) is 0 Å². The second-order valence-electron chi connectivity index (χ2n) is 4.78. The molecule has 1 aliphatic carbocycles. The van der Waals surface area contributed by atoms with Gasteiger partial charge in [0.1, 0.15) is 5.82 Å². The number of aliphatic hydroxyl groups excluding tert-OH is 1. The highest BCUT2D eigenvalue weighted by atomic mass is 19.1. The Hall–Kier alpha value is -1.09. The van der Waals surface area contributed by atoms with E-state index in [1.165, 1.54) is 12.1 Å². The van der Waals surface area contributed by atoms with E-state index in [2.05, 4.69) is 5.32 Å².